The monoisotopic (exact) mass is 372 g/mol. The lowest BCUT2D eigenvalue weighted by molar-refractivity contribution is -0.136. The molecule has 2 aromatic rings. The van der Waals surface area contributed by atoms with Crippen molar-refractivity contribution >= 4 is 5.91 Å². The third-order valence-electron chi connectivity index (χ3n) is 4.96. The molecule has 1 aromatic heterocycles. The van der Waals surface area contributed by atoms with Crippen molar-refractivity contribution in [3.05, 3.63) is 30.2 Å². The van der Waals surface area contributed by atoms with Gasteiger partial charge in [-0.05, 0) is 57.5 Å². The van der Waals surface area contributed by atoms with Gasteiger partial charge in [-0.1, -0.05) is 5.16 Å². The van der Waals surface area contributed by atoms with Gasteiger partial charge in [-0.2, -0.15) is 4.98 Å². The first kappa shape index (κ1) is 19.4. The van der Waals surface area contributed by atoms with Gasteiger partial charge in [0.1, 0.15) is 5.75 Å². The standard InChI is InChI=1S/C20H28N4O3/c1-14(2)24-12-15(5-10-19(24)25)11-23(3)13-18-21-20(22-27-18)16-6-8-17(26-4)9-7-16/h6-9,14-15H,5,10-13H2,1-4H3. The van der Waals surface area contributed by atoms with E-state index < -0.39 is 0 Å². The van der Waals surface area contributed by atoms with Gasteiger partial charge in [-0.3, -0.25) is 9.69 Å². The van der Waals surface area contributed by atoms with Crippen LogP contribution in [0.3, 0.4) is 0 Å². The van der Waals surface area contributed by atoms with Crippen molar-refractivity contribution in [2.24, 2.45) is 5.92 Å². The molecule has 27 heavy (non-hydrogen) atoms. The Morgan fingerprint density at radius 3 is 2.74 bits per heavy atom. The van der Waals surface area contributed by atoms with E-state index in [2.05, 4.69) is 28.9 Å². The highest BCUT2D eigenvalue weighted by Crippen LogP contribution is 2.22. The van der Waals surface area contributed by atoms with Gasteiger partial charge < -0.3 is 14.2 Å². The third-order valence-corrected chi connectivity index (χ3v) is 4.96. The van der Waals surface area contributed by atoms with E-state index in [0.29, 0.717) is 30.6 Å². The van der Waals surface area contributed by atoms with Crippen molar-refractivity contribution in [2.75, 3.05) is 27.2 Å². The summed E-state index contributed by atoms with van der Waals surface area (Å²) in [6.45, 7) is 6.46. The summed E-state index contributed by atoms with van der Waals surface area (Å²) < 4.78 is 10.6. The Morgan fingerprint density at radius 1 is 1.33 bits per heavy atom. The maximum absolute atomic E-state index is 12.0. The molecule has 0 bridgehead atoms. The molecule has 1 unspecified atom stereocenters. The number of hydrogen-bond acceptors (Lipinski definition) is 6. The molecule has 1 atom stereocenters. The van der Waals surface area contributed by atoms with Gasteiger partial charge in [0.25, 0.3) is 0 Å². The SMILES string of the molecule is COc1ccc(-c2noc(CN(C)CC3CCC(=O)N(C(C)C)C3)n2)cc1. The Balaban J connectivity index is 1.56. The van der Waals surface area contributed by atoms with Gasteiger partial charge in [0.2, 0.25) is 17.6 Å². The average Bonchev–Trinajstić information content (AvgIpc) is 3.11. The lowest BCUT2D eigenvalue weighted by Gasteiger charge is -2.36. The Kier molecular flexibility index (Phi) is 6.11. The number of amides is 1. The number of piperidine rings is 1. The number of ether oxygens (including phenoxy) is 1. The van der Waals surface area contributed by atoms with Gasteiger partial charge in [-0.15, -0.1) is 0 Å². The second kappa shape index (κ2) is 8.52. The zero-order chi connectivity index (χ0) is 19.4. The predicted molar refractivity (Wildman–Crippen MR) is 102 cm³/mol. The van der Waals surface area contributed by atoms with E-state index in [9.17, 15) is 4.79 Å². The first-order valence-electron chi connectivity index (χ1n) is 9.41. The van der Waals surface area contributed by atoms with Crippen LogP contribution in [0.1, 0.15) is 32.6 Å². The van der Waals surface area contributed by atoms with Crippen LogP contribution in [-0.4, -0.2) is 59.1 Å². The fraction of sp³-hybridized carbons (Fsp3) is 0.550. The second-order valence-corrected chi connectivity index (χ2v) is 7.48. The fourth-order valence-electron chi connectivity index (χ4n) is 3.50. The number of aromatic nitrogens is 2. The van der Waals surface area contributed by atoms with Crippen LogP contribution in [0.4, 0.5) is 0 Å². The first-order valence-corrected chi connectivity index (χ1v) is 9.41. The van der Waals surface area contributed by atoms with E-state index in [1.165, 1.54) is 0 Å². The van der Waals surface area contributed by atoms with Gasteiger partial charge >= 0.3 is 0 Å². The Morgan fingerprint density at radius 2 is 2.07 bits per heavy atom. The zero-order valence-corrected chi connectivity index (χ0v) is 16.5. The highest BCUT2D eigenvalue weighted by atomic mass is 16.5. The van der Waals surface area contributed by atoms with Gasteiger partial charge in [0.05, 0.1) is 13.7 Å². The highest BCUT2D eigenvalue weighted by Gasteiger charge is 2.28. The average molecular weight is 372 g/mol. The smallest absolute Gasteiger partial charge is 0.241 e. The molecule has 0 radical (unpaired) electrons. The zero-order valence-electron chi connectivity index (χ0n) is 16.5. The number of hydrogen-bond donors (Lipinski definition) is 0. The fourth-order valence-corrected chi connectivity index (χ4v) is 3.50. The summed E-state index contributed by atoms with van der Waals surface area (Å²) in [7, 11) is 3.69. The number of likely N-dealkylation sites (tertiary alicyclic amines) is 1. The lowest BCUT2D eigenvalue weighted by Crippen LogP contribution is -2.46. The summed E-state index contributed by atoms with van der Waals surface area (Å²) in [5.41, 5.74) is 0.895. The van der Waals surface area contributed by atoms with E-state index >= 15 is 0 Å². The van der Waals surface area contributed by atoms with Gasteiger partial charge in [-0.25, -0.2) is 0 Å². The van der Waals surface area contributed by atoms with Crippen LogP contribution in [-0.2, 0) is 11.3 Å². The largest absolute Gasteiger partial charge is 0.497 e. The molecule has 2 heterocycles. The third kappa shape index (κ3) is 4.86. The number of methoxy groups -OCH3 is 1. The Labute approximate surface area is 160 Å². The maximum Gasteiger partial charge on any atom is 0.241 e. The minimum atomic E-state index is 0.258. The van der Waals surface area contributed by atoms with Crippen molar-refractivity contribution in [1.29, 1.82) is 0 Å². The number of nitrogens with zero attached hydrogens (tertiary/aromatic N) is 4. The summed E-state index contributed by atoms with van der Waals surface area (Å²) >= 11 is 0. The molecular weight excluding hydrogens is 344 g/mol. The highest BCUT2D eigenvalue weighted by molar-refractivity contribution is 5.77. The maximum atomic E-state index is 12.0. The normalized spacial score (nSPS) is 17.8. The van der Waals surface area contributed by atoms with E-state index in [0.717, 1.165) is 30.8 Å². The van der Waals surface area contributed by atoms with Crippen LogP contribution in [0.15, 0.2) is 28.8 Å². The van der Waals surface area contributed by atoms with Crippen molar-refractivity contribution < 1.29 is 14.1 Å². The number of benzene rings is 1. The molecule has 0 spiro atoms. The molecule has 3 rings (SSSR count). The van der Waals surface area contributed by atoms with E-state index in [-0.39, 0.29) is 11.9 Å². The summed E-state index contributed by atoms with van der Waals surface area (Å²) in [5.74, 6) is 2.71. The molecule has 1 saturated heterocycles. The quantitative estimate of drug-likeness (QED) is 0.744. The molecule has 1 fully saturated rings. The van der Waals surface area contributed by atoms with Gasteiger partial charge in [0, 0.05) is 31.1 Å². The molecule has 1 amide bonds. The van der Waals surface area contributed by atoms with Crippen molar-refractivity contribution in [1.82, 2.24) is 19.9 Å². The van der Waals surface area contributed by atoms with Crippen LogP contribution in [0.5, 0.6) is 5.75 Å². The van der Waals surface area contributed by atoms with E-state index in [1.807, 2.05) is 36.2 Å². The predicted octanol–water partition coefficient (Wildman–Crippen LogP) is 2.82. The number of rotatable bonds is 7. The van der Waals surface area contributed by atoms with Crippen molar-refractivity contribution in [2.45, 2.75) is 39.3 Å². The number of carbonyl (C=O) groups is 1. The first-order chi connectivity index (χ1) is 13.0. The van der Waals surface area contributed by atoms with Crippen LogP contribution >= 0.6 is 0 Å². The topological polar surface area (TPSA) is 71.7 Å². The van der Waals surface area contributed by atoms with Crippen molar-refractivity contribution in [3.63, 3.8) is 0 Å². The van der Waals surface area contributed by atoms with Gasteiger partial charge in [0.15, 0.2) is 0 Å². The summed E-state index contributed by atoms with van der Waals surface area (Å²) in [4.78, 5) is 20.7. The second-order valence-electron chi connectivity index (χ2n) is 7.48. The molecule has 0 saturated carbocycles. The summed E-state index contributed by atoms with van der Waals surface area (Å²) in [6, 6.07) is 7.84. The molecule has 146 valence electrons. The van der Waals surface area contributed by atoms with E-state index in [1.54, 1.807) is 7.11 Å². The summed E-state index contributed by atoms with van der Waals surface area (Å²) in [5, 5.41) is 4.08. The van der Waals surface area contributed by atoms with Crippen LogP contribution in [0.25, 0.3) is 11.4 Å². The van der Waals surface area contributed by atoms with Crippen LogP contribution in [0, 0.1) is 5.92 Å². The minimum absolute atomic E-state index is 0.258. The van der Waals surface area contributed by atoms with Crippen LogP contribution < -0.4 is 4.74 Å². The molecule has 7 nitrogen and oxygen atoms in total. The van der Waals surface area contributed by atoms with E-state index in [4.69, 9.17) is 9.26 Å². The van der Waals surface area contributed by atoms with Crippen LogP contribution in [0.2, 0.25) is 0 Å². The molecule has 1 aliphatic heterocycles. The lowest BCUT2D eigenvalue weighted by atomic mass is 9.96. The Bertz CT molecular complexity index is 757. The molecular formula is C20H28N4O3. The Hall–Kier alpha value is -2.41. The number of carbonyl (C=O) groups excluding carboxylic acids is 1. The molecule has 0 N–H and O–H groups in total. The molecule has 1 aromatic carbocycles. The minimum Gasteiger partial charge on any atom is -0.497 e. The summed E-state index contributed by atoms with van der Waals surface area (Å²) in [6.07, 6.45) is 1.58. The molecule has 1 aliphatic rings. The molecule has 7 heteroatoms. The molecule has 0 aliphatic carbocycles. The van der Waals surface area contributed by atoms with Crippen molar-refractivity contribution in [3.8, 4) is 17.1 Å².